The number of hydrogen-bond acceptors (Lipinski definition) is 4. The average Bonchev–Trinajstić information content (AvgIpc) is 2.51. The van der Waals surface area contributed by atoms with E-state index >= 15 is 0 Å². The van der Waals surface area contributed by atoms with Crippen molar-refractivity contribution in [3.05, 3.63) is 29.8 Å². The lowest BCUT2D eigenvalue weighted by Gasteiger charge is -2.21. The molecule has 1 aromatic rings. The van der Waals surface area contributed by atoms with Gasteiger partial charge in [-0.3, -0.25) is 9.59 Å². The number of rotatable bonds is 9. The lowest BCUT2D eigenvalue weighted by molar-refractivity contribution is -0.134. The molecule has 0 aliphatic heterocycles. The number of hydrogen-bond donors (Lipinski definition) is 1. The van der Waals surface area contributed by atoms with Gasteiger partial charge in [0.2, 0.25) is 11.8 Å². The van der Waals surface area contributed by atoms with Gasteiger partial charge in [0.15, 0.2) is 0 Å². The van der Waals surface area contributed by atoms with E-state index in [1.807, 2.05) is 43.3 Å². The highest BCUT2D eigenvalue weighted by Crippen LogP contribution is 2.17. The molecule has 1 aromatic carbocycles. The summed E-state index contributed by atoms with van der Waals surface area (Å²) in [5, 5.41) is 2.82. The van der Waals surface area contributed by atoms with Crippen LogP contribution in [0.1, 0.15) is 12.5 Å². The lowest BCUT2D eigenvalue weighted by atomic mass is 10.1. The van der Waals surface area contributed by atoms with Gasteiger partial charge in [0.1, 0.15) is 5.75 Å². The van der Waals surface area contributed by atoms with E-state index in [1.165, 1.54) is 6.92 Å². The van der Waals surface area contributed by atoms with E-state index in [-0.39, 0.29) is 18.4 Å². The van der Waals surface area contributed by atoms with Crippen LogP contribution >= 0.6 is 0 Å². The molecule has 0 unspecified atom stereocenters. The Labute approximate surface area is 138 Å². The first-order valence-corrected chi connectivity index (χ1v) is 7.73. The summed E-state index contributed by atoms with van der Waals surface area (Å²) in [5.74, 6) is 0.552. The van der Waals surface area contributed by atoms with Crippen LogP contribution in [0.5, 0.6) is 5.75 Å². The third-order valence-electron chi connectivity index (χ3n) is 3.50. The van der Waals surface area contributed by atoms with Crippen LogP contribution in [0.4, 0.5) is 0 Å². The minimum absolute atomic E-state index is 0.0813. The van der Waals surface area contributed by atoms with Gasteiger partial charge < -0.3 is 19.9 Å². The number of ether oxygens (including phenoxy) is 1. The molecule has 0 bridgehead atoms. The lowest BCUT2D eigenvalue weighted by Crippen LogP contribution is -2.42. The molecule has 6 nitrogen and oxygen atoms in total. The number of nitrogens with one attached hydrogen (secondary N) is 1. The predicted octanol–water partition coefficient (Wildman–Crippen LogP) is 0.764. The van der Waals surface area contributed by atoms with Gasteiger partial charge in [-0.25, -0.2) is 0 Å². The Morgan fingerprint density at radius 3 is 2.48 bits per heavy atom. The molecule has 0 saturated heterocycles. The van der Waals surface area contributed by atoms with Crippen LogP contribution in [-0.4, -0.2) is 69.0 Å². The quantitative estimate of drug-likeness (QED) is 0.729. The Morgan fingerprint density at radius 2 is 1.87 bits per heavy atom. The molecule has 0 saturated carbocycles. The number of carbonyl (C=O) groups is 2. The Hall–Kier alpha value is -2.08. The summed E-state index contributed by atoms with van der Waals surface area (Å²) < 4.78 is 5.31. The van der Waals surface area contributed by atoms with E-state index in [1.54, 1.807) is 12.0 Å². The van der Waals surface area contributed by atoms with Crippen LogP contribution in [0.2, 0.25) is 0 Å². The molecule has 23 heavy (non-hydrogen) atoms. The Morgan fingerprint density at radius 1 is 1.17 bits per heavy atom. The Kier molecular flexibility index (Phi) is 8.11. The number of likely N-dealkylation sites (N-methyl/N-ethyl adjacent to an activating group) is 1. The Bertz CT molecular complexity index is 518. The highest BCUT2D eigenvalue weighted by atomic mass is 16.5. The molecule has 0 aliphatic rings. The normalized spacial score (nSPS) is 10.5. The monoisotopic (exact) mass is 321 g/mol. The van der Waals surface area contributed by atoms with E-state index in [9.17, 15) is 9.59 Å². The SMILES string of the molecule is COc1ccccc1CCN(CC(=O)NCCN(C)C)C(C)=O. The number of nitrogens with zero attached hydrogens (tertiary/aromatic N) is 2. The van der Waals surface area contributed by atoms with Gasteiger partial charge in [0, 0.05) is 26.6 Å². The van der Waals surface area contributed by atoms with Gasteiger partial charge >= 0.3 is 0 Å². The van der Waals surface area contributed by atoms with Crippen LogP contribution in [0.3, 0.4) is 0 Å². The van der Waals surface area contributed by atoms with Gasteiger partial charge in [0.05, 0.1) is 13.7 Å². The highest BCUT2D eigenvalue weighted by molar-refractivity contribution is 5.83. The molecule has 2 amide bonds. The van der Waals surface area contributed by atoms with Crippen molar-refractivity contribution < 1.29 is 14.3 Å². The maximum Gasteiger partial charge on any atom is 0.239 e. The van der Waals surface area contributed by atoms with Crippen molar-refractivity contribution in [2.45, 2.75) is 13.3 Å². The molecule has 1 rings (SSSR count). The van der Waals surface area contributed by atoms with Crippen molar-refractivity contribution in [2.75, 3.05) is 47.4 Å². The van der Waals surface area contributed by atoms with Crippen LogP contribution in [-0.2, 0) is 16.0 Å². The molecule has 1 N–H and O–H groups in total. The second kappa shape index (κ2) is 9.84. The van der Waals surface area contributed by atoms with E-state index in [0.717, 1.165) is 17.9 Å². The summed E-state index contributed by atoms with van der Waals surface area (Å²) in [4.78, 5) is 27.2. The van der Waals surface area contributed by atoms with Gasteiger partial charge in [-0.05, 0) is 32.1 Å². The fourth-order valence-electron chi connectivity index (χ4n) is 2.16. The molecule has 0 fully saturated rings. The second-order valence-electron chi connectivity index (χ2n) is 5.66. The predicted molar refractivity (Wildman–Crippen MR) is 90.5 cm³/mol. The number of methoxy groups -OCH3 is 1. The topological polar surface area (TPSA) is 61.9 Å². The molecule has 0 radical (unpaired) electrons. The number of carbonyl (C=O) groups excluding carboxylic acids is 2. The first kappa shape index (κ1) is 19.0. The number of para-hydroxylation sites is 1. The molecule has 0 spiro atoms. The summed E-state index contributed by atoms with van der Waals surface area (Å²) in [6, 6.07) is 7.70. The summed E-state index contributed by atoms with van der Waals surface area (Å²) in [7, 11) is 5.52. The van der Waals surface area contributed by atoms with Crippen LogP contribution < -0.4 is 10.1 Å². The molecule has 6 heteroatoms. The van der Waals surface area contributed by atoms with Gasteiger partial charge in [-0.2, -0.15) is 0 Å². The second-order valence-corrected chi connectivity index (χ2v) is 5.66. The van der Waals surface area contributed by atoms with Crippen molar-refractivity contribution in [3.8, 4) is 5.75 Å². The molecule has 0 aliphatic carbocycles. The molecular formula is C17H27N3O3. The maximum absolute atomic E-state index is 11.9. The zero-order chi connectivity index (χ0) is 17.2. The first-order valence-electron chi connectivity index (χ1n) is 7.73. The maximum atomic E-state index is 11.9. The van der Waals surface area contributed by atoms with Gasteiger partial charge in [-0.1, -0.05) is 18.2 Å². The van der Waals surface area contributed by atoms with E-state index < -0.39 is 0 Å². The zero-order valence-electron chi connectivity index (χ0n) is 14.5. The van der Waals surface area contributed by atoms with E-state index in [0.29, 0.717) is 19.5 Å². The van der Waals surface area contributed by atoms with Crippen molar-refractivity contribution in [3.63, 3.8) is 0 Å². The fraction of sp³-hybridized carbons (Fsp3) is 0.529. The van der Waals surface area contributed by atoms with Crippen LogP contribution in [0, 0.1) is 0 Å². The number of amides is 2. The molecule has 0 atom stereocenters. The van der Waals surface area contributed by atoms with Crippen LogP contribution in [0.25, 0.3) is 0 Å². The number of benzene rings is 1. The van der Waals surface area contributed by atoms with E-state index in [4.69, 9.17) is 4.74 Å². The highest BCUT2D eigenvalue weighted by Gasteiger charge is 2.14. The van der Waals surface area contributed by atoms with Crippen molar-refractivity contribution in [2.24, 2.45) is 0 Å². The first-order chi connectivity index (χ1) is 10.9. The smallest absolute Gasteiger partial charge is 0.239 e. The summed E-state index contributed by atoms with van der Waals surface area (Å²) in [5.41, 5.74) is 1.02. The standard InChI is InChI=1S/C17H27N3O3/c1-14(21)20(13-17(22)18-10-12-19(2)3)11-9-15-7-5-6-8-16(15)23-4/h5-8H,9-13H2,1-4H3,(H,18,22). The molecule has 0 aromatic heterocycles. The van der Waals surface area contributed by atoms with Crippen molar-refractivity contribution >= 4 is 11.8 Å². The third kappa shape index (κ3) is 7.15. The van der Waals surface area contributed by atoms with Crippen LogP contribution in [0.15, 0.2) is 24.3 Å². The Balaban J connectivity index is 2.52. The minimum Gasteiger partial charge on any atom is -0.496 e. The van der Waals surface area contributed by atoms with Crippen molar-refractivity contribution in [1.82, 2.24) is 15.1 Å². The largest absolute Gasteiger partial charge is 0.496 e. The summed E-state index contributed by atoms with van der Waals surface area (Å²) in [6.07, 6.45) is 0.647. The molecular weight excluding hydrogens is 294 g/mol. The van der Waals surface area contributed by atoms with E-state index in [2.05, 4.69) is 5.32 Å². The third-order valence-corrected chi connectivity index (χ3v) is 3.50. The minimum atomic E-state index is -0.137. The zero-order valence-corrected chi connectivity index (χ0v) is 14.5. The fourth-order valence-corrected chi connectivity index (χ4v) is 2.16. The average molecular weight is 321 g/mol. The van der Waals surface area contributed by atoms with Gasteiger partial charge in [-0.15, -0.1) is 0 Å². The summed E-state index contributed by atoms with van der Waals surface area (Å²) in [6.45, 7) is 3.39. The molecule has 128 valence electrons. The van der Waals surface area contributed by atoms with Gasteiger partial charge in [0.25, 0.3) is 0 Å². The van der Waals surface area contributed by atoms with Crippen molar-refractivity contribution in [1.29, 1.82) is 0 Å². The molecule has 0 heterocycles. The summed E-state index contributed by atoms with van der Waals surface area (Å²) >= 11 is 0.